The van der Waals surface area contributed by atoms with Gasteiger partial charge in [-0.1, -0.05) is 0 Å². The first-order valence-electron chi connectivity index (χ1n) is 3.93. The van der Waals surface area contributed by atoms with Crippen molar-refractivity contribution >= 4 is 0 Å². The molecule has 0 saturated heterocycles. The molecule has 0 fully saturated rings. The van der Waals surface area contributed by atoms with Crippen molar-refractivity contribution in [2.75, 3.05) is 20.2 Å². The summed E-state index contributed by atoms with van der Waals surface area (Å²) < 4.78 is 0. The van der Waals surface area contributed by atoms with Crippen LogP contribution >= 0.6 is 0 Å². The van der Waals surface area contributed by atoms with Crippen LogP contribution in [0.3, 0.4) is 0 Å². The zero-order valence-electron chi connectivity index (χ0n) is 7.83. The third-order valence-corrected chi connectivity index (χ3v) is 2.44. The summed E-state index contributed by atoms with van der Waals surface area (Å²) in [6.45, 7) is 6.39. The minimum Gasteiger partial charge on any atom is -0.395 e. The lowest BCUT2D eigenvalue weighted by Gasteiger charge is -2.37. The van der Waals surface area contributed by atoms with Crippen molar-refractivity contribution in [1.82, 2.24) is 4.90 Å². The average Bonchev–Trinajstić information content (AvgIpc) is 1.88. The summed E-state index contributed by atoms with van der Waals surface area (Å²) in [5.74, 6) is 0. The van der Waals surface area contributed by atoms with E-state index in [4.69, 9.17) is 5.11 Å². The van der Waals surface area contributed by atoms with Crippen LogP contribution < -0.4 is 0 Å². The van der Waals surface area contributed by atoms with Crippen LogP contribution in [0.15, 0.2) is 0 Å². The summed E-state index contributed by atoms with van der Waals surface area (Å²) in [4.78, 5) is 1.94. The van der Waals surface area contributed by atoms with Gasteiger partial charge in [0, 0.05) is 12.1 Å². The van der Waals surface area contributed by atoms with Crippen LogP contribution in [0.5, 0.6) is 0 Å². The van der Waals surface area contributed by atoms with E-state index in [1.54, 1.807) is 6.92 Å². The minimum atomic E-state index is -0.390. The van der Waals surface area contributed by atoms with E-state index >= 15 is 0 Å². The second kappa shape index (κ2) is 4.04. The largest absolute Gasteiger partial charge is 0.395 e. The van der Waals surface area contributed by atoms with Crippen molar-refractivity contribution in [3.8, 4) is 0 Å². The zero-order chi connectivity index (χ0) is 9.07. The highest BCUT2D eigenvalue weighted by Gasteiger charge is 2.28. The molecule has 0 amide bonds. The van der Waals surface area contributed by atoms with Crippen molar-refractivity contribution in [1.29, 1.82) is 0 Å². The van der Waals surface area contributed by atoms with Gasteiger partial charge in [0.25, 0.3) is 0 Å². The smallest absolute Gasteiger partial charge is 0.0690 e. The van der Waals surface area contributed by atoms with E-state index in [0.717, 1.165) is 0 Å². The first-order chi connectivity index (χ1) is 4.92. The van der Waals surface area contributed by atoms with E-state index in [1.807, 2.05) is 25.8 Å². The maximum absolute atomic E-state index is 9.35. The highest BCUT2D eigenvalue weighted by Crippen LogP contribution is 2.16. The predicted molar refractivity (Wildman–Crippen MR) is 45.5 cm³/mol. The molecule has 0 aromatic heterocycles. The van der Waals surface area contributed by atoms with Crippen LogP contribution in [-0.4, -0.2) is 47.0 Å². The number of rotatable bonds is 4. The SMILES string of the molecule is CC(O)C(C)(C)N(C)CCO. The van der Waals surface area contributed by atoms with Gasteiger partial charge in [0.05, 0.1) is 12.7 Å². The van der Waals surface area contributed by atoms with Crippen LogP contribution in [0.25, 0.3) is 0 Å². The van der Waals surface area contributed by atoms with Gasteiger partial charge in [-0.25, -0.2) is 0 Å². The van der Waals surface area contributed by atoms with E-state index in [0.29, 0.717) is 6.54 Å². The quantitative estimate of drug-likeness (QED) is 0.613. The molecule has 3 heteroatoms. The Kier molecular flexibility index (Phi) is 4.00. The summed E-state index contributed by atoms with van der Waals surface area (Å²) in [6, 6.07) is 0. The van der Waals surface area contributed by atoms with Crippen LogP contribution in [0, 0.1) is 0 Å². The Morgan fingerprint density at radius 3 is 2.18 bits per heavy atom. The van der Waals surface area contributed by atoms with Crippen molar-refractivity contribution in [2.24, 2.45) is 0 Å². The maximum atomic E-state index is 9.35. The van der Waals surface area contributed by atoms with E-state index in [1.165, 1.54) is 0 Å². The van der Waals surface area contributed by atoms with E-state index in [2.05, 4.69) is 0 Å². The Bertz CT molecular complexity index is 113. The lowest BCUT2D eigenvalue weighted by atomic mass is 9.97. The Labute approximate surface area is 68.6 Å². The number of aliphatic hydroxyl groups is 2. The number of nitrogens with zero attached hydrogens (tertiary/aromatic N) is 1. The number of β-amino-alcohol motifs (C(OH)–C–C–N with tert-alkyl or cyclic N) is 1. The Morgan fingerprint density at radius 2 is 1.91 bits per heavy atom. The second-order valence-electron chi connectivity index (χ2n) is 3.47. The topological polar surface area (TPSA) is 43.7 Å². The molecule has 0 aromatic rings. The zero-order valence-corrected chi connectivity index (χ0v) is 7.83. The molecule has 2 N–H and O–H groups in total. The monoisotopic (exact) mass is 161 g/mol. The first kappa shape index (κ1) is 10.9. The van der Waals surface area contributed by atoms with Gasteiger partial charge in [0.15, 0.2) is 0 Å². The molecule has 1 unspecified atom stereocenters. The molecule has 0 rings (SSSR count). The number of aliphatic hydroxyl groups excluding tert-OH is 2. The van der Waals surface area contributed by atoms with Crippen molar-refractivity contribution < 1.29 is 10.2 Å². The molecule has 0 spiro atoms. The van der Waals surface area contributed by atoms with Crippen LogP contribution in [0.4, 0.5) is 0 Å². The van der Waals surface area contributed by atoms with Gasteiger partial charge in [-0.2, -0.15) is 0 Å². The molecule has 3 nitrogen and oxygen atoms in total. The van der Waals surface area contributed by atoms with Crippen molar-refractivity contribution in [3.63, 3.8) is 0 Å². The molecule has 0 saturated carbocycles. The van der Waals surface area contributed by atoms with Gasteiger partial charge in [-0.3, -0.25) is 4.90 Å². The Balaban J connectivity index is 4.05. The van der Waals surface area contributed by atoms with Crippen molar-refractivity contribution in [3.05, 3.63) is 0 Å². The molecular weight excluding hydrogens is 142 g/mol. The third-order valence-electron chi connectivity index (χ3n) is 2.44. The van der Waals surface area contributed by atoms with E-state index in [-0.39, 0.29) is 18.2 Å². The van der Waals surface area contributed by atoms with E-state index < -0.39 is 0 Å². The number of likely N-dealkylation sites (N-methyl/N-ethyl adjacent to an activating group) is 1. The lowest BCUT2D eigenvalue weighted by molar-refractivity contribution is 0.00846. The van der Waals surface area contributed by atoms with Gasteiger partial charge in [0.2, 0.25) is 0 Å². The summed E-state index contributed by atoms with van der Waals surface area (Å²) in [6.07, 6.45) is -0.390. The normalized spacial score (nSPS) is 15.5. The van der Waals surface area contributed by atoms with Crippen LogP contribution in [0.2, 0.25) is 0 Å². The Hall–Kier alpha value is -0.120. The molecular formula is C8H19NO2. The molecule has 68 valence electrons. The average molecular weight is 161 g/mol. The summed E-state index contributed by atoms with van der Waals surface area (Å²) in [5.41, 5.74) is -0.261. The second-order valence-corrected chi connectivity index (χ2v) is 3.47. The summed E-state index contributed by atoms with van der Waals surface area (Å²) in [7, 11) is 1.89. The molecule has 0 aliphatic rings. The maximum Gasteiger partial charge on any atom is 0.0690 e. The molecule has 11 heavy (non-hydrogen) atoms. The number of hydrogen-bond donors (Lipinski definition) is 2. The molecule has 0 radical (unpaired) electrons. The fourth-order valence-corrected chi connectivity index (χ4v) is 0.757. The molecule has 0 aromatic carbocycles. The first-order valence-corrected chi connectivity index (χ1v) is 3.93. The third kappa shape index (κ3) is 2.77. The standard InChI is InChI=1S/C8H19NO2/c1-7(11)8(2,3)9(4)5-6-10/h7,10-11H,5-6H2,1-4H3. The predicted octanol–water partition coefficient (Wildman–Crippen LogP) is 0.0699. The fourth-order valence-electron chi connectivity index (χ4n) is 0.757. The van der Waals surface area contributed by atoms with Gasteiger partial charge in [0.1, 0.15) is 0 Å². The van der Waals surface area contributed by atoms with Crippen LogP contribution in [-0.2, 0) is 0 Å². The fraction of sp³-hybridized carbons (Fsp3) is 1.00. The molecule has 0 aliphatic carbocycles. The highest BCUT2D eigenvalue weighted by atomic mass is 16.3. The summed E-state index contributed by atoms with van der Waals surface area (Å²) >= 11 is 0. The minimum absolute atomic E-state index is 0.132. The van der Waals surface area contributed by atoms with Crippen molar-refractivity contribution in [2.45, 2.75) is 32.4 Å². The van der Waals surface area contributed by atoms with E-state index in [9.17, 15) is 5.11 Å². The van der Waals surface area contributed by atoms with Gasteiger partial charge in [-0.05, 0) is 27.8 Å². The molecule has 0 aliphatic heterocycles. The molecule has 1 atom stereocenters. The summed E-state index contributed by atoms with van der Waals surface area (Å²) in [5, 5.41) is 18.0. The van der Waals surface area contributed by atoms with Gasteiger partial charge < -0.3 is 10.2 Å². The van der Waals surface area contributed by atoms with Crippen LogP contribution in [0.1, 0.15) is 20.8 Å². The molecule has 0 bridgehead atoms. The lowest BCUT2D eigenvalue weighted by Crippen LogP contribution is -2.50. The van der Waals surface area contributed by atoms with Gasteiger partial charge in [-0.15, -0.1) is 0 Å². The van der Waals surface area contributed by atoms with Gasteiger partial charge >= 0.3 is 0 Å². The highest BCUT2D eigenvalue weighted by molar-refractivity contribution is 4.84. The Morgan fingerprint density at radius 1 is 1.45 bits per heavy atom. The number of hydrogen-bond acceptors (Lipinski definition) is 3. The molecule has 0 heterocycles.